The topological polar surface area (TPSA) is 40.6 Å². The number of hydrogen-bond acceptors (Lipinski definition) is 3. The molecule has 2 aromatic carbocycles. The van der Waals surface area contributed by atoms with Crippen molar-refractivity contribution >= 4 is 11.8 Å². The third-order valence-corrected chi connectivity index (χ3v) is 4.44. The van der Waals surface area contributed by atoms with Crippen molar-refractivity contribution in [3.05, 3.63) is 60.2 Å². The third-order valence-electron chi connectivity index (χ3n) is 4.44. The number of amides is 2. The van der Waals surface area contributed by atoms with Gasteiger partial charge in [0, 0.05) is 24.7 Å². The highest BCUT2D eigenvalue weighted by Crippen LogP contribution is 2.21. The van der Waals surface area contributed by atoms with Gasteiger partial charge in [0.25, 0.3) is 5.91 Å². The Hall–Kier alpha value is -2.46. The Morgan fingerprint density at radius 2 is 1.67 bits per heavy atom. The first kappa shape index (κ1) is 16.4. The first-order valence-electron chi connectivity index (χ1n) is 8.30. The molecule has 0 saturated carbocycles. The van der Waals surface area contributed by atoms with E-state index >= 15 is 0 Å². The van der Waals surface area contributed by atoms with Crippen molar-refractivity contribution in [1.82, 2.24) is 9.80 Å². The molecule has 0 N–H and O–H groups in total. The third kappa shape index (κ3) is 3.39. The van der Waals surface area contributed by atoms with Crippen molar-refractivity contribution in [2.75, 3.05) is 19.6 Å². The lowest BCUT2D eigenvalue weighted by atomic mass is 10.0. The Bertz CT molecular complexity index is 740. The zero-order valence-corrected chi connectivity index (χ0v) is 14.1. The zero-order valence-electron chi connectivity index (χ0n) is 14.1. The van der Waals surface area contributed by atoms with E-state index in [0.717, 1.165) is 17.7 Å². The summed E-state index contributed by atoms with van der Waals surface area (Å²) in [6.07, 6.45) is 0. The van der Waals surface area contributed by atoms with Crippen LogP contribution in [0.25, 0.3) is 11.1 Å². The van der Waals surface area contributed by atoms with Gasteiger partial charge in [-0.15, -0.1) is 0 Å². The highest BCUT2D eigenvalue weighted by atomic mass is 16.2. The van der Waals surface area contributed by atoms with Gasteiger partial charge in [-0.1, -0.05) is 42.5 Å². The van der Waals surface area contributed by atoms with Crippen LogP contribution < -0.4 is 0 Å². The van der Waals surface area contributed by atoms with E-state index in [1.807, 2.05) is 48.5 Å². The molecule has 0 bridgehead atoms. The minimum atomic E-state index is -0.207. The van der Waals surface area contributed by atoms with Crippen LogP contribution in [-0.2, 0) is 4.79 Å². The lowest BCUT2D eigenvalue weighted by Gasteiger charge is -2.35. The molecular weight excluding hydrogens is 300 g/mol. The van der Waals surface area contributed by atoms with Gasteiger partial charge in [0.1, 0.15) is 0 Å². The molecule has 4 nitrogen and oxygen atoms in total. The molecule has 3 rings (SSSR count). The van der Waals surface area contributed by atoms with E-state index in [4.69, 9.17) is 0 Å². The minimum Gasteiger partial charge on any atom is -0.290 e. The second-order valence-electron chi connectivity index (χ2n) is 6.36. The second kappa shape index (κ2) is 6.97. The number of hydrogen-bond donors (Lipinski definition) is 0. The van der Waals surface area contributed by atoms with Crippen LogP contribution in [0.4, 0.5) is 0 Å². The molecule has 1 saturated heterocycles. The lowest BCUT2D eigenvalue weighted by molar-refractivity contribution is -0.133. The van der Waals surface area contributed by atoms with Gasteiger partial charge in [-0.25, -0.2) is 0 Å². The van der Waals surface area contributed by atoms with E-state index in [1.165, 1.54) is 4.90 Å². The van der Waals surface area contributed by atoms with Crippen molar-refractivity contribution in [3.8, 4) is 11.1 Å². The van der Waals surface area contributed by atoms with Crippen LogP contribution in [0.15, 0.2) is 54.6 Å². The SMILES string of the molecule is CC(C)N1CCN(C(=O)c2cccc(-c3ccccc3)c2)C(=O)C1. The lowest BCUT2D eigenvalue weighted by Crippen LogP contribution is -2.54. The van der Waals surface area contributed by atoms with Crippen molar-refractivity contribution < 1.29 is 9.59 Å². The maximum Gasteiger partial charge on any atom is 0.260 e. The van der Waals surface area contributed by atoms with Gasteiger partial charge in [-0.2, -0.15) is 0 Å². The Balaban J connectivity index is 1.80. The van der Waals surface area contributed by atoms with E-state index in [-0.39, 0.29) is 11.8 Å². The molecule has 0 aromatic heterocycles. The van der Waals surface area contributed by atoms with Crippen LogP contribution >= 0.6 is 0 Å². The van der Waals surface area contributed by atoms with Crippen molar-refractivity contribution in [2.45, 2.75) is 19.9 Å². The van der Waals surface area contributed by atoms with Crippen LogP contribution in [0, 0.1) is 0 Å². The fraction of sp³-hybridized carbons (Fsp3) is 0.300. The molecule has 0 atom stereocenters. The van der Waals surface area contributed by atoms with Gasteiger partial charge in [0.2, 0.25) is 5.91 Å². The summed E-state index contributed by atoms with van der Waals surface area (Å²) >= 11 is 0. The molecule has 4 heteroatoms. The molecule has 0 spiro atoms. The standard InChI is InChI=1S/C20H22N2O2/c1-15(2)21-11-12-22(19(23)14-21)20(24)18-10-6-9-17(13-18)16-7-4-3-5-8-16/h3-10,13,15H,11-12,14H2,1-2H3. The highest BCUT2D eigenvalue weighted by molar-refractivity contribution is 6.06. The molecule has 1 aliphatic rings. The highest BCUT2D eigenvalue weighted by Gasteiger charge is 2.30. The van der Waals surface area contributed by atoms with Crippen molar-refractivity contribution in [2.24, 2.45) is 0 Å². The van der Waals surface area contributed by atoms with E-state index in [9.17, 15) is 9.59 Å². The number of carbonyl (C=O) groups excluding carboxylic acids is 2. The molecule has 1 heterocycles. The fourth-order valence-electron chi connectivity index (χ4n) is 2.97. The molecule has 1 aliphatic heterocycles. The summed E-state index contributed by atoms with van der Waals surface area (Å²) < 4.78 is 0. The first-order valence-corrected chi connectivity index (χ1v) is 8.30. The number of piperazine rings is 1. The molecule has 24 heavy (non-hydrogen) atoms. The van der Waals surface area contributed by atoms with Crippen LogP contribution in [0.3, 0.4) is 0 Å². The zero-order chi connectivity index (χ0) is 17.1. The molecule has 2 amide bonds. The normalized spacial score (nSPS) is 15.8. The molecule has 0 aliphatic carbocycles. The van der Waals surface area contributed by atoms with E-state index in [1.54, 1.807) is 6.07 Å². The number of nitrogens with zero attached hydrogens (tertiary/aromatic N) is 2. The Kier molecular flexibility index (Phi) is 4.76. The van der Waals surface area contributed by atoms with Crippen LogP contribution in [0.1, 0.15) is 24.2 Å². The average Bonchev–Trinajstić information content (AvgIpc) is 2.62. The first-order chi connectivity index (χ1) is 11.6. The maximum absolute atomic E-state index is 12.8. The van der Waals surface area contributed by atoms with Gasteiger partial charge < -0.3 is 0 Å². The summed E-state index contributed by atoms with van der Waals surface area (Å²) in [5.41, 5.74) is 2.60. The summed E-state index contributed by atoms with van der Waals surface area (Å²) in [6.45, 7) is 5.61. The summed E-state index contributed by atoms with van der Waals surface area (Å²) in [7, 11) is 0. The second-order valence-corrected chi connectivity index (χ2v) is 6.36. The summed E-state index contributed by atoms with van der Waals surface area (Å²) in [4.78, 5) is 28.6. The maximum atomic E-state index is 12.8. The minimum absolute atomic E-state index is 0.120. The van der Waals surface area contributed by atoms with Crippen LogP contribution in [-0.4, -0.2) is 47.3 Å². The average molecular weight is 322 g/mol. The molecule has 0 unspecified atom stereocenters. The predicted molar refractivity (Wildman–Crippen MR) is 94.6 cm³/mol. The molecular formula is C20H22N2O2. The molecule has 0 radical (unpaired) electrons. The van der Waals surface area contributed by atoms with E-state index in [0.29, 0.717) is 24.7 Å². The number of benzene rings is 2. The number of imide groups is 1. The summed E-state index contributed by atoms with van der Waals surface area (Å²) in [5.74, 6) is -0.328. The van der Waals surface area contributed by atoms with Gasteiger partial charge in [-0.3, -0.25) is 19.4 Å². The largest absolute Gasteiger partial charge is 0.290 e. The summed E-state index contributed by atoms with van der Waals surface area (Å²) in [6, 6.07) is 17.7. The fourth-order valence-corrected chi connectivity index (χ4v) is 2.97. The molecule has 124 valence electrons. The Morgan fingerprint density at radius 1 is 0.958 bits per heavy atom. The quantitative estimate of drug-likeness (QED) is 0.816. The van der Waals surface area contributed by atoms with Crippen molar-refractivity contribution in [3.63, 3.8) is 0 Å². The van der Waals surface area contributed by atoms with Crippen molar-refractivity contribution in [1.29, 1.82) is 0 Å². The van der Waals surface area contributed by atoms with E-state index < -0.39 is 0 Å². The van der Waals surface area contributed by atoms with Crippen LogP contribution in [0.5, 0.6) is 0 Å². The van der Waals surface area contributed by atoms with E-state index in [2.05, 4.69) is 18.7 Å². The van der Waals surface area contributed by atoms with Gasteiger partial charge in [-0.05, 0) is 37.1 Å². The van der Waals surface area contributed by atoms with Gasteiger partial charge in [0.15, 0.2) is 0 Å². The molecule has 2 aromatic rings. The predicted octanol–water partition coefficient (Wildman–Crippen LogP) is 3.05. The Morgan fingerprint density at radius 3 is 2.33 bits per heavy atom. The smallest absolute Gasteiger partial charge is 0.260 e. The van der Waals surface area contributed by atoms with Crippen LogP contribution in [0.2, 0.25) is 0 Å². The Labute approximate surface area is 142 Å². The summed E-state index contributed by atoms with van der Waals surface area (Å²) in [5, 5.41) is 0. The number of carbonyl (C=O) groups is 2. The monoisotopic (exact) mass is 322 g/mol. The molecule has 1 fully saturated rings. The number of rotatable bonds is 3. The van der Waals surface area contributed by atoms with Gasteiger partial charge >= 0.3 is 0 Å². The van der Waals surface area contributed by atoms with Gasteiger partial charge in [0.05, 0.1) is 6.54 Å².